The summed E-state index contributed by atoms with van der Waals surface area (Å²) in [5.41, 5.74) is 4.33. The van der Waals surface area contributed by atoms with E-state index in [0.717, 1.165) is 0 Å². The fourth-order valence-electron chi connectivity index (χ4n) is 1.58. The summed E-state index contributed by atoms with van der Waals surface area (Å²) in [4.78, 5) is 0. The molecule has 0 saturated heterocycles. The second-order valence-electron chi connectivity index (χ2n) is 3.98. The first-order valence-corrected chi connectivity index (χ1v) is 5.39. The van der Waals surface area contributed by atoms with E-state index in [-0.39, 0.29) is 0 Å². The topological polar surface area (TPSA) is 0 Å². The molecule has 0 atom stereocenters. The van der Waals surface area contributed by atoms with Crippen molar-refractivity contribution in [3.05, 3.63) is 47.0 Å². The first-order chi connectivity index (χ1) is 6.72. The SMILES string of the molecule is CC=C(C)CCCc1cccc(C)c1. The maximum atomic E-state index is 2.28. The second kappa shape index (κ2) is 5.64. The summed E-state index contributed by atoms with van der Waals surface area (Å²) in [5.74, 6) is 0. The van der Waals surface area contributed by atoms with Crippen molar-refractivity contribution in [2.24, 2.45) is 0 Å². The van der Waals surface area contributed by atoms with E-state index >= 15 is 0 Å². The summed E-state index contributed by atoms with van der Waals surface area (Å²) in [6.45, 7) is 6.47. The lowest BCUT2D eigenvalue weighted by Crippen LogP contribution is -1.87. The molecule has 1 aromatic carbocycles. The van der Waals surface area contributed by atoms with Gasteiger partial charge in [0.15, 0.2) is 0 Å². The van der Waals surface area contributed by atoms with Gasteiger partial charge < -0.3 is 0 Å². The molecule has 0 spiro atoms. The van der Waals surface area contributed by atoms with Crippen LogP contribution in [-0.4, -0.2) is 0 Å². The third kappa shape index (κ3) is 3.78. The van der Waals surface area contributed by atoms with Crippen LogP contribution in [0.4, 0.5) is 0 Å². The van der Waals surface area contributed by atoms with Crippen LogP contribution in [0.5, 0.6) is 0 Å². The first-order valence-electron chi connectivity index (χ1n) is 5.39. The Kier molecular flexibility index (Phi) is 4.45. The first kappa shape index (κ1) is 11.0. The molecule has 0 unspecified atom stereocenters. The lowest BCUT2D eigenvalue weighted by atomic mass is 10.0. The molecule has 0 N–H and O–H groups in total. The molecule has 0 bridgehead atoms. The van der Waals surface area contributed by atoms with Crippen LogP contribution in [0, 0.1) is 6.92 Å². The quantitative estimate of drug-likeness (QED) is 0.618. The van der Waals surface area contributed by atoms with E-state index in [9.17, 15) is 0 Å². The maximum absolute atomic E-state index is 2.28. The number of hydrogen-bond acceptors (Lipinski definition) is 0. The Morgan fingerprint density at radius 3 is 2.79 bits per heavy atom. The molecule has 0 radical (unpaired) electrons. The van der Waals surface area contributed by atoms with Crippen molar-refractivity contribution in [3.8, 4) is 0 Å². The molecule has 0 saturated carbocycles. The number of benzene rings is 1. The van der Waals surface area contributed by atoms with Gasteiger partial charge in [0.1, 0.15) is 0 Å². The van der Waals surface area contributed by atoms with Gasteiger partial charge in [-0.3, -0.25) is 0 Å². The van der Waals surface area contributed by atoms with Crippen molar-refractivity contribution >= 4 is 0 Å². The minimum atomic E-state index is 1.20. The Balaban J connectivity index is 2.39. The second-order valence-corrected chi connectivity index (χ2v) is 3.98. The lowest BCUT2D eigenvalue weighted by molar-refractivity contribution is 0.810. The summed E-state index contributed by atoms with van der Waals surface area (Å²) < 4.78 is 0. The van der Waals surface area contributed by atoms with E-state index < -0.39 is 0 Å². The van der Waals surface area contributed by atoms with Crippen LogP contribution in [0.2, 0.25) is 0 Å². The van der Waals surface area contributed by atoms with Gasteiger partial charge in [-0.15, -0.1) is 0 Å². The Morgan fingerprint density at radius 1 is 1.36 bits per heavy atom. The summed E-state index contributed by atoms with van der Waals surface area (Å²) in [7, 11) is 0. The van der Waals surface area contributed by atoms with Crippen LogP contribution >= 0.6 is 0 Å². The predicted octanol–water partition coefficient (Wildman–Crippen LogP) is 4.28. The average molecular weight is 188 g/mol. The zero-order valence-electron chi connectivity index (χ0n) is 9.51. The molecule has 1 rings (SSSR count). The number of rotatable bonds is 4. The van der Waals surface area contributed by atoms with Gasteiger partial charge in [0.05, 0.1) is 0 Å². The van der Waals surface area contributed by atoms with Crippen molar-refractivity contribution in [1.82, 2.24) is 0 Å². The molecular weight excluding hydrogens is 168 g/mol. The molecule has 0 amide bonds. The van der Waals surface area contributed by atoms with Crippen LogP contribution in [0.25, 0.3) is 0 Å². The Labute approximate surface area is 87.7 Å². The highest BCUT2D eigenvalue weighted by Crippen LogP contribution is 2.10. The van der Waals surface area contributed by atoms with Gasteiger partial charge in [-0.1, -0.05) is 41.5 Å². The van der Waals surface area contributed by atoms with Gasteiger partial charge in [0.2, 0.25) is 0 Å². The van der Waals surface area contributed by atoms with Gasteiger partial charge in [0, 0.05) is 0 Å². The van der Waals surface area contributed by atoms with E-state index in [1.165, 1.54) is 36.0 Å². The normalized spacial score (nSPS) is 11.8. The van der Waals surface area contributed by atoms with E-state index in [1.807, 2.05) is 0 Å². The lowest BCUT2D eigenvalue weighted by Gasteiger charge is -2.02. The molecular formula is C14H20. The van der Waals surface area contributed by atoms with Crippen molar-refractivity contribution in [3.63, 3.8) is 0 Å². The zero-order valence-corrected chi connectivity index (χ0v) is 9.51. The van der Waals surface area contributed by atoms with Gasteiger partial charge in [-0.05, 0) is 45.6 Å². The number of aryl methyl sites for hydroxylation is 2. The highest BCUT2D eigenvalue weighted by molar-refractivity contribution is 5.22. The van der Waals surface area contributed by atoms with Crippen molar-refractivity contribution in [1.29, 1.82) is 0 Å². The molecule has 0 fully saturated rings. The zero-order chi connectivity index (χ0) is 10.4. The fraction of sp³-hybridized carbons (Fsp3) is 0.429. The van der Waals surface area contributed by atoms with E-state index in [2.05, 4.69) is 51.1 Å². The van der Waals surface area contributed by atoms with Crippen molar-refractivity contribution in [2.75, 3.05) is 0 Å². The minimum absolute atomic E-state index is 1.20. The van der Waals surface area contributed by atoms with E-state index in [1.54, 1.807) is 0 Å². The number of allylic oxidation sites excluding steroid dienone is 2. The third-order valence-electron chi connectivity index (χ3n) is 2.61. The highest BCUT2D eigenvalue weighted by Gasteiger charge is 1.94. The van der Waals surface area contributed by atoms with Crippen LogP contribution in [0.1, 0.15) is 37.8 Å². The molecule has 0 aliphatic heterocycles. The fourth-order valence-corrected chi connectivity index (χ4v) is 1.58. The summed E-state index contributed by atoms with van der Waals surface area (Å²) in [6.07, 6.45) is 5.90. The highest BCUT2D eigenvalue weighted by atomic mass is 14.0. The molecule has 14 heavy (non-hydrogen) atoms. The maximum Gasteiger partial charge on any atom is -0.0276 e. The standard InChI is InChI=1S/C14H20/c1-4-12(2)7-5-9-14-10-6-8-13(3)11-14/h4,6,8,10-11H,5,7,9H2,1-3H3. The Bertz CT molecular complexity index is 308. The van der Waals surface area contributed by atoms with Crippen molar-refractivity contribution in [2.45, 2.75) is 40.0 Å². The van der Waals surface area contributed by atoms with E-state index in [0.29, 0.717) is 0 Å². The summed E-state index contributed by atoms with van der Waals surface area (Å²) in [6, 6.07) is 8.80. The molecule has 0 nitrogen and oxygen atoms in total. The molecule has 1 aromatic rings. The molecule has 76 valence electrons. The monoisotopic (exact) mass is 188 g/mol. The molecule has 0 aliphatic carbocycles. The third-order valence-corrected chi connectivity index (χ3v) is 2.61. The molecule has 0 aromatic heterocycles. The number of hydrogen-bond donors (Lipinski definition) is 0. The molecule has 0 heterocycles. The smallest absolute Gasteiger partial charge is 0.0276 e. The van der Waals surface area contributed by atoms with Crippen LogP contribution < -0.4 is 0 Å². The van der Waals surface area contributed by atoms with Crippen molar-refractivity contribution < 1.29 is 0 Å². The van der Waals surface area contributed by atoms with Crippen LogP contribution in [0.3, 0.4) is 0 Å². The Hall–Kier alpha value is -1.04. The summed E-state index contributed by atoms with van der Waals surface area (Å²) in [5, 5.41) is 0. The average Bonchev–Trinajstić information content (AvgIpc) is 2.17. The Morgan fingerprint density at radius 2 is 2.14 bits per heavy atom. The predicted molar refractivity (Wildman–Crippen MR) is 63.5 cm³/mol. The van der Waals surface area contributed by atoms with E-state index in [4.69, 9.17) is 0 Å². The largest absolute Gasteiger partial charge is 0.0887 e. The van der Waals surface area contributed by atoms with Gasteiger partial charge in [-0.25, -0.2) is 0 Å². The summed E-state index contributed by atoms with van der Waals surface area (Å²) >= 11 is 0. The van der Waals surface area contributed by atoms with Gasteiger partial charge in [-0.2, -0.15) is 0 Å². The molecule has 0 aliphatic rings. The molecule has 0 heteroatoms. The van der Waals surface area contributed by atoms with Gasteiger partial charge in [0.25, 0.3) is 0 Å². The van der Waals surface area contributed by atoms with Gasteiger partial charge >= 0.3 is 0 Å². The van der Waals surface area contributed by atoms with Crippen LogP contribution in [-0.2, 0) is 6.42 Å². The minimum Gasteiger partial charge on any atom is -0.0887 e. The van der Waals surface area contributed by atoms with Crippen LogP contribution in [0.15, 0.2) is 35.9 Å².